The van der Waals surface area contributed by atoms with Crippen LogP contribution in [0, 0.1) is 5.41 Å². The van der Waals surface area contributed by atoms with Crippen molar-refractivity contribution in [1.29, 1.82) is 0 Å². The molecule has 3 aromatic rings. The van der Waals surface area contributed by atoms with Gasteiger partial charge < -0.3 is 19.9 Å². The predicted molar refractivity (Wildman–Crippen MR) is 117 cm³/mol. The molecule has 0 aliphatic carbocycles. The number of carboxylic acid groups (broad SMARTS) is 1. The number of carbonyl (C=O) groups is 2. The summed E-state index contributed by atoms with van der Waals surface area (Å²) < 4.78 is 11.1. The molecular weight excluding hydrogens is 394 g/mol. The lowest BCUT2D eigenvalue weighted by atomic mass is 9.80. The monoisotopic (exact) mass is 419 g/mol. The molecule has 1 atom stereocenters. The maximum atomic E-state index is 12.4. The Labute approximate surface area is 181 Å². The smallest absolute Gasteiger partial charge is 0.407 e. The maximum absolute atomic E-state index is 12.4. The van der Waals surface area contributed by atoms with E-state index in [9.17, 15) is 14.7 Å². The number of ether oxygens (including phenoxy) is 2. The Morgan fingerprint density at radius 1 is 0.871 bits per heavy atom. The van der Waals surface area contributed by atoms with Gasteiger partial charge >= 0.3 is 12.1 Å². The number of nitrogens with one attached hydrogen (secondary N) is 1. The highest BCUT2D eigenvalue weighted by Crippen LogP contribution is 2.35. The lowest BCUT2D eigenvalue weighted by Crippen LogP contribution is -2.42. The van der Waals surface area contributed by atoms with Crippen LogP contribution in [0.3, 0.4) is 0 Å². The average Bonchev–Trinajstić information content (AvgIpc) is 2.78. The van der Waals surface area contributed by atoms with Crippen molar-refractivity contribution >= 4 is 12.1 Å². The summed E-state index contributed by atoms with van der Waals surface area (Å²) in [5.41, 5.74) is 0.201. The number of benzene rings is 3. The molecule has 1 amide bonds. The second-order valence-electron chi connectivity index (χ2n) is 7.65. The minimum absolute atomic E-state index is 0.0940. The van der Waals surface area contributed by atoms with E-state index in [4.69, 9.17) is 9.47 Å². The zero-order valence-corrected chi connectivity index (χ0v) is 17.4. The van der Waals surface area contributed by atoms with E-state index in [2.05, 4.69) is 5.32 Å². The second kappa shape index (κ2) is 9.80. The highest BCUT2D eigenvalue weighted by atomic mass is 16.5. The highest BCUT2D eigenvalue weighted by molar-refractivity contribution is 5.77. The highest BCUT2D eigenvalue weighted by Gasteiger charge is 2.39. The fourth-order valence-corrected chi connectivity index (χ4v) is 3.04. The van der Waals surface area contributed by atoms with E-state index in [0.717, 1.165) is 5.56 Å². The van der Waals surface area contributed by atoms with Gasteiger partial charge in [0.25, 0.3) is 0 Å². The molecular formula is C25H25NO5. The van der Waals surface area contributed by atoms with Gasteiger partial charge in [0.2, 0.25) is 0 Å². The van der Waals surface area contributed by atoms with Crippen molar-refractivity contribution in [2.45, 2.75) is 26.5 Å². The van der Waals surface area contributed by atoms with Gasteiger partial charge in [0.15, 0.2) is 0 Å². The van der Waals surface area contributed by atoms with Crippen LogP contribution in [-0.4, -0.2) is 17.2 Å². The van der Waals surface area contributed by atoms with Gasteiger partial charge in [0.05, 0.1) is 11.5 Å². The molecule has 0 aliphatic heterocycles. The van der Waals surface area contributed by atoms with E-state index in [0.29, 0.717) is 17.1 Å². The number of hydrogen-bond donors (Lipinski definition) is 2. The molecule has 0 aromatic heterocycles. The van der Waals surface area contributed by atoms with E-state index >= 15 is 0 Å². The minimum atomic E-state index is -1.27. The second-order valence-corrected chi connectivity index (χ2v) is 7.65. The quantitative estimate of drug-likeness (QED) is 0.499. The van der Waals surface area contributed by atoms with Crippen LogP contribution in [0.4, 0.5) is 4.79 Å². The van der Waals surface area contributed by atoms with Crippen LogP contribution < -0.4 is 10.1 Å². The molecule has 6 heteroatoms. The van der Waals surface area contributed by atoms with E-state index in [1.54, 1.807) is 38.1 Å². The maximum Gasteiger partial charge on any atom is 0.407 e. The fraction of sp³-hybridized carbons (Fsp3) is 0.200. The first-order valence-electron chi connectivity index (χ1n) is 9.90. The Morgan fingerprint density at radius 3 is 2.00 bits per heavy atom. The molecule has 0 unspecified atom stereocenters. The van der Waals surface area contributed by atoms with Gasteiger partial charge in [-0.1, -0.05) is 60.7 Å². The van der Waals surface area contributed by atoms with Crippen molar-refractivity contribution in [1.82, 2.24) is 5.32 Å². The van der Waals surface area contributed by atoms with Crippen molar-refractivity contribution in [3.63, 3.8) is 0 Å². The van der Waals surface area contributed by atoms with E-state index in [-0.39, 0.29) is 6.61 Å². The summed E-state index contributed by atoms with van der Waals surface area (Å²) in [5, 5.41) is 12.4. The Morgan fingerprint density at radius 2 is 1.42 bits per heavy atom. The average molecular weight is 419 g/mol. The van der Waals surface area contributed by atoms with Crippen molar-refractivity contribution in [2.75, 3.05) is 0 Å². The van der Waals surface area contributed by atoms with Crippen molar-refractivity contribution < 1.29 is 24.2 Å². The van der Waals surface area contributed by atoms with Gasteiger partial charge in [-0.15, -0.1) is 0 Å². The molecule has 3 rings (SSSR count). The van der Waals surface area contributed by atoms with Crippen LogP contribution >= 0.6 is 0 Å². The standard InChI is InChI=1S/C25H25NO5/c1-25(2,23(27)28)22(26-24(29)30-17-18-9-5-3-6-10-18)19-13-15-21(16-14-19)31-20-11-7-4-8-12-20/h3-16,22H,17H2,1-2H3,(H,26,29)(H,27,28)/t22-/m0/s1. The zero-order chi connectivity index (χ0) is 22.3. The topological polar surface area (TPSA) is 84.9 Å². The third-order valence-corrected chi connectivity index (χ3v) is 4.94. The van der Waals surface area contributed by atoms with Crippen LogP contribution in [-0.2, 0) is 16.1 Å². The summed E-state index contributed by atoms with van der Waals surface area (Å²) in [7, 11) is 0. The molecule has 160 valence electrons. The SMILES string of the molecule is CC(C)(C(=O)O)[C@@H](NC(=O)OCc1ccccc1)c1ccc(Oc2ccccc2)cc1. The molecule has 0 bridgehead atoms. The summed E-state index contributed by atoms with van der Waals surface area (Å²) in [4.78, 5) is 24.3. The first-order chi connectivity index (χ1) is 14.9. The van der Waals surface area contributed by atoms with Crippen LogP contribution in [0.15, 0.2) is 84.9 Å². The molecule has 0 fully saturated rings. The van der Waals surface area contributed by atoms with Crippen molar-refractivity contribution in [2.24, 2.45) is 5.41 Å². The summed E-state index contributed by atoms with van der Waals surface area (Å²) in [6.45, 7) is 3.22. The third-order valence-electron chi connectivity index (χ3n) is 4.94. The third kappa shape index (κ3) is 5.85. The molecule has 0 aliphatic rings. The Kier molecular flexibility index (Phi) is 6.92. The number of alkyl carbamates (subject to hydrolysis) is 1. The number of amides is 1. The fourth-order valence-electron chi connectivity index (χ4n) is 3.04. The minimum Gasteiger partial charge on any atom is -0.481 e. The lowest BCUT2D eigenvalue weighted by molar-refractivity contribution is -0.148. The van der Waals surface area contributed by atoms with Gasteiger partial charge in [-0.3, -0.25) is 4.79 Å². The predicted octanol–water partition coefficient (Wildman–Crippen LogP) is 5.56. The molecule has 31 heavy (non-hydrogen) atoms. The van der Waals surface area contributed by atoms with E-state index in [1.165, 1.54) is 0 Å². The molecule has 3 aromatic carbocycles. The summed E-state index contributed by atoms with van der Waals surface area (Å²) in [6.07, 6.45) is -0.687. The Balaban J connectivity index is 1.74. The van der Waals surface area contributed by atoms with Gasteiger partial charge in [-0.05, 0) is 49.2 Å². The molecule has 0 saturated heterocycles. The van der Waals surface area contributed by atoms with Crippen LogP contribution in [0.1, 0.15) is 31.0 Å². The van der Waals surface area contributed by atoms with Crippen molar-refractivity contribution in [3.05, 3.63) is 96.1 Å². The lowest BCUT2D eigenvalue weighted by Gasteiger charge is -2.31. The normalized spacial score (nSPS) is 11.9. The number of para-hydroxylation sites is 1. The van der Waals surface area contributed by atoms with Gasteiger partial charge in [0.1, 0.15) is 18.1 Å². The molecule has 2 N–H and O–H groups in total. The summed E-state index contributed by atoms with van der Waals surface area (Å²) in [5.74, 6) is 0.263. The Hall–Kier alpha value is -3.80. The molecule has 0 radical (unpaired) electrons. The molecule has 0 spiro atoms. The molecule has 0 saturated carbocycles. The zero-order valence-electron chi connectivity index (χ0n) is 17.4. The van der Waals surface area contributed by atoms with Crippen LogP contribution in [0.2, 0.25) is 0 Å². The first-order valence-corrected chi connectivity index (χ1v) is 9.90. The molecule has 6 nitrogen and oxygen atoms in total. The van der Waals surface area contributed by atoms with Crippen molar-refractivity contribution in [3.8, 4) is 11.5 Å². The number of aliphatic carboxylic acids is 1. The van der Waals surface area contributed by atoms with Gasteiger partial charge in [-0.2, -0.15) is 0 Å². The Bertz CT molecular complexity index is 1000. The van der Waals surface area contributed by atoms with Gasteiger partial charge in [-0.25, -0.2) is 4.79 Å². The molecule has 0 heterocycles. The summed E-state index contributed by atoms with van der Waals surface area (Å²) >= 11 is 0. The van der Waals surface area contributed by atoms with Crippen LogP contribution in [0.25, 0.3) is 0 Å². The number of carbonyl (C=O) groups excluding carboxylic acids is 1. The van der Waals surface area contributed by atoms with Crippen LogP contribution in [0.5, 0.6) is 11.5 Å². The summed E-state index contributed by atoms with van der Waals surface area (Å²) in [6, 6.07) is 24.8. The largest absolute Gasteiger partial charge is 0.481 e. The van der Waals surface area contributed by atoms with Gasteiger partial charge in [0, 0.05) is 0 Å². The number of carboxylic acids is 1. The first kappa shape index (κ1) is 21.9. The number of hydrogen-bond acceptors (Lipinski definition) is 4. The van der Waals surface area contributed by atoms with E-state index in [1.807, 2.05) is 60.7 Å². The number of rotatable bonds is 8. The van der Waals surface area contributed by atoms with E-state index < -0.39 is 23.5 Å².